The molecule has 0 bridgehead atoms. The lowest BCUT2D eigenvalue weighted by Gasteiger charge is -2.21. The van der Waals surface area contributed by atoms with E-state index < -0.39 is 0 Å². The normalized spacial score (nSPS) is 16.4. The second kappa shape index (κ2) is 7.84. The van der Waals surface area contributed by atoms with Gasteiger partial charge >= 0.3 is 0 Å². The lowest BCUT2D eigenvalue weighted by Crippen LogP contribution is -2.30. The number of hydrogen-bond acceptors (Lipinski definition) is 6. The van der Waals surface area contributed by atoms with E-state index in [1.54, 1.807) is 17.0 Å². The molecular weight excluding hydrogens is 444 g/mol. The van der Waals surface area contributed by atoms with Gasteiger partial charge in [-0.25, -0.2) is 0 Å². The van der Waals surface area contributed by atoms with Crippen LogP contribution in [0.1, 0.15) is 49.8 Å². The van der Waals surface area contributed by atoms with E-state index in [1.807, 2.05) is 31.2 Å². The summed E-state index contributed by atoms with van der Waals surface area (Å²) in [6.07, 6.45) is 1.64. The lowest BCUT2D eigenvalue weighted by atomic mass is 10.2. The SMILES string of the molecule is Cc1ccc(NC(=O)c2nnc(C3CCCN3C(=O)c3ccc(Br)o3)s2)cc1. The van der Waals surface area contributed by atoms with Crippen LogP contribution in [0, 0.1) is 6.92 Å². The molecule has 7 nitrogen and oxygen atoms in total. The van der Waals surface area contributed by atoms with Gasteiger partial charge in [-0.15, -0.1) is 10.2 Å². The molecule has 0 saturated carbocycles. The van der Waals surface area contributed by atoms with Crippen LogP contribution in [-0.4, -0.2) is 33.5 Å². The molecule has 1 aliphatic rings. The quantitative estimate of drug-likeness (QED) is 0.621. The molecular formula is C19H17BrN4O3S. The molecule has 4 rings (SSSR count). The highest BCUT2D eigenvalue weighted by Crippen LogP contribution is 2.35. The predicted octanol–water partition coefficient (Wildman–Crippen LogP) is 4.43. The number of nitrogens with zero attached hydrogens (tertiary/aromatic N) is 3. The topological polar surface area (TPSA) is 88.3 Å². The van der Waals surface area contributed by atoms with E-state index >= 15 is 0 Å². The maximum atomic E-state index is 12.7. The number of carbonyl (C=O) groups is 2. The number of likely N-dealkylation sites (tertiary alicyclic amines) is 1. The third-order valence-electron chi connectivity index (χ3n) is 4.53. The number of aryl methyl sites for hydroxylation is 1. The Balaban J connectivity index is 1.49. The summed E-state index contributed by atoms with van der Waals surface area (Å²) in [5.74, 6) is -0.215. The van der Waals surface area contributed by atoms with Crippen molar-refractivity contribution in [3.05, 3.63) is 62.4 Å². The van der Waals surface area contributed by atoms with Crippen LogP contribution >= 0.6 is 27.3 Å². The molecule has 3 heterocycles. The fraction of sp³-hybridized carbons (Fsp3) is 0.263. The van der Waals surface area contributed by atoms with Crippen molar-refractivity contribution in [2.75, 3.05) is 11.9 Å². The first-order valence-corrected chi connectivity index (χ1v) is 10.4. The van der Waals surface area contributed by atoms with Gasteiger partial charge in [0.1, 0.15) is 5.01 Å². The van der Waals surface area contributed by atoms with E-state index in [2.05, 4.69) is 31.4 Å². The Hall–Kier alpha value is -2.52. The molecule has 1 unspecified atom stereocenters. The standard InChI is InChI=1S/C19H17BrN4O3S/c1-11-4-6-12(7-5-11)21-16(25)18-23-22-17(28-18)13-3-2-10-24(13)19(26)14-8-9-15(20)27-14/h4-9,13H,2-3,10H2,1H3,(H,21,25). The Labute approximate surface area is 173 Å². The Bertz CT molecular complexity index is 1010. The molecule has 2 amide bonds. The number of hydrogen-bond donors (Lipinski definition) is 1. The molecule has 28 heavy (non-hydrogen) atoms. The molecule has 2 aromatic heterocycles. The third kappa shape index (κ3) is 3.85. The molecule has 1 aliphatic heterocycles. The summed E-state index contributed by atoms with van der Waals surface area (Å²) >= 11 is 4.43. The van der Waals surface area contributed by atoms with Gasteiger partial charge in [-0.05, 0) is 60.0 Å². The highest BCUT2D eigenvalue weighted by atomic mass is 79.9. The van der Waals surface area contributed by atoms with Crippen LogP contribution in [0.15, 0.2) is 45.5 Å². The van der Waals surface area contributed by atoms with Crippen molar-refractivity contribution in [2.45, 2.75) is 25.8 Å². The van der Waals surface area contributed by atoms with E-state index in [0.717, 1.165) is 18.4 Å². The largest absolute Gasteiger partial charge is 0.444 e. The monoisotopic (exact) mass is 460 g/mol. The Morgan fingerprint density at radius 2 is 2.00 bits per heavy atom. The molecule has 0 radical (unpaired) electrons. The van der Waals surface area contributed by atoms with Gasteiger partial charge in [-0.2, -0.15) is 0 Å². The number of carbonyl (C=O) groups excluding carboxylic acids is 2. The van der Waals surface area contributed by atoms with Gasteiger partial charge in [0.2, 0.25) is 5.01 Å². The molecule has 144 valence electrons. The average molecular weight is 461 g/mol. The van der Waals surface area contributed by atoms with Crippen LogP contribution in [0.25, 0.3) is 0 Å². The molecule has 1 atom stereocenters. The summed E-state index contributed by atoms with van der Waals surface area (Å²) in [6.45, 7) is 2.60. The minimum atomic E-state index is -0.307. The molecule has 9 heteroatoms. The minimum absolute atomic E-state index is 0.186. The van der Waals surface area contributed by atoms with E-state index in [1.165, 1.54) is 11.3 Å². The summed E-state index contributed by atoms with van der Waals surface area (Å²) in [5.41, 5.74) is 1.82. The molecule has 1 N–H and O–H groups in total. The zero-order valence-corrected chi connectivity index (χ0v) is 17.4. The maximum absolute atomic E-state index is 12.7. The second-order valence-electron chi connectivity index (χ2n) is 6.53. The number of furan rings is 1. The Kier molecular flexibility index (Phi) is 5.27. The van der Waals surface area contributed by atoms with Crippen LogP contribution in [-0.2, 0) is 0 Å². The molecule has 1 saturated heterocycles. The van der Waals surface area contributed by atoms with Crippen LogP contribution < -0.4 is 5.32 Å². The summed E-state index contributed by atoms with van der Waals surface area (Å²) in [5, 5.41) is 12.0. The van der Waals surface area contributed by atoms with Crippen molar-refractivity contribution >= 4 is 44.8 Å². The summed E-state index contributed by atoms with van der Waals surface area (Å²) in [7, 11) is 0. The Morgan fingerprint density at radius 1 is 1.21 bits per heavy atom. The van der Waals surface area contributed by atoms with Crippen LogP contribution in [0.5, 0.6) is 0 Å². The Morgan fingerprint density at radius 3 is 2.71 bits per heavy atom. The first-order chi connectivity index (χ1) is 13.5. The van der Waals surface area contributed by atoms with Crippen molar-refractivity contribution in [3.63, 3.8) is 0 Å². The number of amides is 2. The fourth-order valence-electron chi connectivity index (χ4n) is 3.12. The number of aromatic nitrogens is 2. The van der Waals surface area contributed by atoms with Gasteiger partial charge in [-0.3, -0.25) is 9.59 Å². The first-order valence-electron chi connectivity index (χ1n) is 8.79. The number of nitrogens with one attached hydrogen (secondary N) is 1. The molecule has 1 fully saturated rings. The average Bonchev–Trinajstić information content (AvgIpc) is 3.42. The summed E-state index contributed by atoms with van der Waals surface area (Å²) < 4.78 is 5.90. The molecule has 0 spiro atoms. The van der Waals surface area contributed by atoms with Gasteiger partial charge in [0.15, 0.2) is 10.4 Å². The number of halogens is 1. The first kappa shape index (κ1) is 18.8. The van der Waals surface area contributed by atoms with E-state index in [4.69, 9.17) is 4.42 Å². The zero-order valence-electron chi connectivity index (χ0n) is 15.0. The number of benzene rings is 1. The van der Waals surface area contributed by atoms with Gasteiger partial charge < -0.3 is 14.6 Å². The van der Waals surface area contributed by atoms with Crippen LogP contribution in [0.2, 0.25) is 0 Å². The van der Waals surface area contributed by atoms with Gasteiger partial charge in [0, 0.05) is 12.2 Å². The van der Waals surface area contributed by atoms with Crippen LogP contribution in [0.4, 0.5) is 5.69 Å². The van der Waals surface area contributed by atoms with E-state index in [9.17, 15) is 9.59 Å². The highest BCUT2D eigenvalue weighted by Gasteiger charge is 2.34. The van der Waals surface area contributed by atoms with Crippen molar-refractivity contribution in [3.8, 4) is 0 Å². The summed E-state index contributed by atoms with van der Waals surface area (Å²) in [6, 6.07) is 10.7. The van der Waals surface area contributed by atoms with Crippen molar-refractivity contribution in [2.24, 2.45) is 0 Å². The van der Waals surface area contributed by atoms with Gasteiger partial charge in [-0.1, -0.05) is 29.0 Å². The summed E-state index contributed by atoms with van der Waals surface area (Å²) in [4.78, 5) is 26.9. The number of anilines is 1. The van der Waals surface area contributed by atoms with E-state index in [-0.39, 0.29) is 28.6 Å². The van der Waals surface area contributed by atoms with Crippen LogP contribution in [0.3, 0.4) is 0 Å². The van der Waals surface area contributed by atoms with Crippen molar-refractivity contribution < 1.29 is 14.0 Å². The molecule has 0 aliphatic carbocycles. The van der Waals surface area contributed by atoms with E-state index in [0.29, 0.717) is 21.9 Å². The maximum Gasteiger partial charge on any atom is 0.290 e. The highest BCUT2D eigenvalue weighted by molar-refractivity contribution is 9.10. The lowest BCUT2D eigenvalue weighted by molar-refractivity contribution is 0.0701. The smallest absolute Gasteiger partial charge is 0.290 e. The van der Waals surface area contributed by atoms with Gasteiger partial charge in [0.05, 0.1) is 6.04 Å². The minimum Gasteiger partial charge on any atom is -0.444 e. The molecule has 3 aromatic rings. The van der Waals surface area contributed by atoms with Crippen molar-refractivity contribution in [1.29, 1.82) is 0 Å². The number of rotatable bonds is 4. The van der Waals surface area contributed by atoms with Gasteiger partial charge in [0.25, 0.3) is 11.8 Å². The fourth-order valence-corrected chi connectivity index (χ4v) is 4.31. The van der Waals surface area contributed by atoms with Crippen molar-refractivity contribution in [1.82, 2.24) is 15.1 Å². The zero-order chi connectivity index (χ0) is 19.7. The molecule has 1 aromatic carbocycles. The second-order valence-corrected chi connectivity index (χ2v) is 8.32. The third-order valence-corrected chi connectivity index (χ3v) is 5.98. The predicted molar refractivity (Wildman–Crippen MR) is 108 cm³/mol.